The van der Waals surface area contributed by atoms with Gasteiger partial charge in [0, 0.05) is 26.0 Å². The largest absolute Gasteiger partial charge is 0.381 e. The lowest BCUT2D eigenvalue weighted by atomic mass is 10.0. The Bertz CT molecular complexity index is 818. The molecule has 124 valence electrons. The second-order valence-corrected chi connectivity index (χ2v) is 6.98. The van der Waals surface area contributed by atoms with Crippen LogP contribution in [0.4, 0.5) is 5.69 Å². The number of thiazole rings is 1. The maximum Gasteiger partial charge on any atom is 0.284 e. The van der Waals surface area contributed by atoms with Gasteiger partial charge in [0.15, 0.2) is 5.01 Å². The molecule has 1 aliphatic heterocycles. The van der Waals surface area contributed by atoms with Gasteiger partial charge < -0.3 is 10.1 Å². The molecule has 3 heterocycles. The van der Waals surface area contributed by atoms with Crippen LogP contribution in [0, 0.1) is 5.92 Å². The van der Waals surface area contributed by atoms with Gasteiger partial charge in [-0.1, -0.05) is 12.1 Å². The number of hydrogen-bond acceptors (Lipinski definition) is 5. The topological polar surface area (TPSA) is 69.0 Å². The van der Waals surface area contributed by atoms with Crippen LogP contribution in [-0.2, 0) is 11.3 Å². The Kier molecular flexibility index (Phi) is 4.27. The third kappa shape index (κ3) is 3.32. The lowest BCUT2D eigenvalue weighted by molar-refractivity contribution is 0.0601. The molecule has 1 aromatic carbocycles. The van der Waals surface area contributed by atoms with Crippen molar-refractivity contribution in [3.05, 3.63) is 41.7 Å². The van der Waals surface area contributed by atoms with Crippen LogP contribution in [0.3, 0.4) is 0 Å². The summed E-state index contributed by atoms with van der Waals surface area (Å²) in [5, 5.41) is 7.69. The van der Waals surface area contributed by atoms with Crippen molar-refractivity contribution in [2.24, 2.45) is 5.92 Å². The Hall–Kier alpha value is -2.25. The molecule has 1 amide bonds. The third-order valence-corrected chi connectivity index (χ3v) is 5.20. The van der Waals surface area contributed by atoms with Crippen molar-refractivity contribution in [1.29, 1.82) is 0 Å². The zero-order chi connectivity index (χ0) is 16.4. The lowest BCUT2D eigenvalue weighted by Crippen LogP contribution is -2.20. The predicted octanol–water partition coefficient (Wildman–Crippen LogP) is 3.17. The Morgan fingerprint density at radius 1 is 1.33 bits per heavy atom. The lowest BCUT2D eigenvalue weighted by Gasteiger charge is -2.21. The van der Waals surface area contributed by atoms with E-state index in [1.54, 1.807) is 6.20 Å². The molecule has 0 aliphatic carbocycles. The van der Waals surface area contributed by atoms with Crippen molar-refractivity contribution in [2.45, 2.75) is 19.4 Å². The number of nitrogens with zero attached hydrogens (tertiary/aromatic N) is 3. The summed E-state index contributed by atoms with van der Waals surface area (Å²) >= 11 is 1.40. The van der Waals surface area contributed by atoms with Gasteiger partial charge in [-0.15, -0.1) is 11.3 Å². The number of carbonyl (C=O) groups is 1. The van der Waals surface area contributed by atoms with Gasteiger partial charge >= 0.3 is 0 Å². The van der Waals surface area contributed by atoms with Gasteiger partial charge in [-0.25, -0.2) is 4.98 Å². The minimum Gasteiger partial charge on any atom is -0.381 e. The highest BCUT2D eigenvalue weighted by molar-refractivity contribution is 7.20. The van der Waals surface area contributed by atoms with Crippen LogP contribution in [0.25, 0.3) is 10.2 Å². The number of nitrogens with one attached hydrogen (secondary N) is 1. The van der Waals surface area contributed by atoms with Crippen molar-refractivity contribution >= 4 is 33.1 Å². The van der Waals surface area contributed by atoms with E-state index in [0.717, 1.165) is 42.8 Å². The molecule has 0 bridgehead atoms. The number of hydrogen-bond donors (Lipinski definition) is 1. The quantitative estimate of drug-likeness (QED) is 0.791. The van der Waals surface area contributed by atoms with Crippen molar-refractivity contribution in [3.8, 4) is 0 Å². The van der Waals surface area contributed by atoms with E-state index in [2.05, 4.69) is 15.4 Å². The number of aromatic nitrogens is 3. The Labute approximate surface area is 143 Å². The SMILES string of the molecule is O=C(Nc1cnn(CC2CCOCC2)c1)c1nc2ccccc2s1. The van der Waals surface area contributed by atoms with E-state index >= 15 is 0 Å². The first-order valence-corrected chi connectivity index (χ1v) is 8.87. The van der Waals surface area contributed by atoms with Crippen LogP contribution in [-0.4, -0.2) is 33.9 Å². The van der Waals surface area contributed by atoms with E-state index in [1.807, 2.05) is 35.1 Å². The fourth-order valence-corrected chi connectivity index (χ4v) is 3.74. The zero-order valence-corrected chi connectivity index (χ0v) is 14.0. The molecule has 0 atom stereocenters. The van der Waals surface area contributed by atoms with Crippen LogP contribution >= 0.6 is 11.3 Å². The first-order chi connectivity index (χ1) is 11.8. The summed E-state index contributed by atoms with van der Waals surface area (Å²) in [7, 11) is 0. The first-order valence-electron chi connectivity index (χ1n) is 8.05. The van der Waals surface area contributed by atoms with Gasteiger partial charge in [-0.2, -0.15) is 5.10 Å². The van der Waals surface area contributed by atoms with E-state index in [9.17, 15) is 4.79 Å². The van der Waals surface area contributed by atoms with E-state index in [4.69, 9.17) is 4.74 Å². The fraction of sp³-hybridized carbons (Fsp3) is 0.353. The van der Waals surface area contributed by atoms with Crippen LogP contribution in [0.15, 0.2) is 36.7 Å². The molecular formula is C17H18N4O2S. The first kappa shape index (κ1) is 15.3. The Morgan fingerprint density at radius 3 is 3.00 bits per heavy atom. The molecule has 6 nitrogen and oxygen atoms in total. The van der Waals surface area contributed by atoms with Gasteiger partial charge in [0.1, 0.15) is 0 Å². The number of amides is 1. The number of carbonyl (C=O) groups excluding carboxylic acids is 1. The minimum atomic E-state index is -0.193. The average Bonchev–Trinajstić information content (AvgIpc) is 3.22. The maximum absolute atomic E-state index is 12.4. The van der Waals surface area contributed by atoms with E-state index in [1.165, 1.54) is 11.3 Å². The molecule has 1 saturated heterocycles. The fourth-order valence-electron chi connectivity index (χ4n) is 2.88. The Morgan fingerprint density at radius 2 is 2.17 bits per heavy atom. The summed E-state index contributed by atoms with van der Waals surface area (Å²) in [6.45, 7) is 2.51. The van der Waals surface area contributed by atoms with E-state index in [0.29, 0.717) is 16.6 Å². The van der Waals surface area contributed by atoms with Gasteiger partial charge in [0.25, 0.3) is 5.91 Å². The van der Waals surface area contributed by atoms with Gasteiger partial charge in [0.2, 0.25) is 0 Å². The zero-order valence-electron chi connectivity index (χ0n) is 13.1. The Balaban J connectivity index is 1.42. The summed E-state index contributed by atoms with van der Waals surface area (Å²) in [4.78, 5) is 16.7. The highest BCUT2D eigenvalue weighted by Gasteiger charge is 2.16. The molecular weight excluding hydrogens is 324 g/mol. The summed E-state index contributed by atoms with van der Waals surface area (Å²) in [5.41, 5.74) is 1.55. The predicted molar refractivity (Wildman–Crippen MR) is 93.3 cm³/mol. The monoisotopic (exact) mass is 342 g/mol. The third-order valence-electron chi connectivity index (χ3n) is 4.17. The number of para-hydroxylation sites is 1. The smallest absolute Gasteiger partial charge is 0.284 e. The molecule has 0 unspecified atom stereocenters. The second-order valence-electron chi connectivity index (χ2n) is 5.95. The van der Waals surface area contributed by atoms with Crippen molar-refractivity contribution in [3.63, 3.8) is 0 Å². The number of rotatable bonds is 4. The minimum absolute atomic E-state index is 0.193. The summed E-state index contributed by atoms with van der Waals surface area (Å²) in [6.07, 6.45) is 5.69. The summed E-state index contributed by atoms with van der Waals surface area (Å²) in [5.74, 6) is 0.397. The molecule has 1 aliphatic rings. The van der Waals surface area contributed by atoms with Gasteiger partial charge in [-0.05, 0) is 30.9 Å². The molecule has 3 aromatic rings. The van der Waals surface area contributed by atoms with Crippen molar-refractivity contribution < 1.29 is 9.53 Å². The van der Waals surface area contributed by atoms with Crippen LogP contribution in [0.1, 0.15) is 22.6 Å². The maximum atomic E-state index is 12.4. The molecule has 0 saturated carbocycles. The number of benzene rings is 1. The van der Waals surface area contributed by atoms with Crippen molar-refractivity contribution in [1.82, 2.24) is 14.8 Å². The summed E-state index contributed by atoms with van der Waals surface area (Å²) in [6, 6.07) is 7.75. The molecule has 24 heavy (non-hydrogen) atoms. The van der Waals surface area contributed by atoms with Crippen LogP contribution < -0.4 is 5.32 Å². The summed E-state index contributed by atoms with van der Waals surface area (Å²) < 4.78 is 8.28. The molecule has 1 N–H and O–H groups in total. The number of anilines is 1. The van der Waals surface area contributed by atoms with Gasteiger partial charge in [0.05, 0.1) is 22.1 Å². The average molecular weight is 342 g/mol. The van der Waals surface area contributed by atoms with Crippen LogP contribution in [0.2, 0.25) is 0 Å². The normalized spacial score (nSPS) is 15.7. The van der Waals surface area contributed by atoms with E-state index in [-0.39, 0.29) is 5.91 Å². The second kappa shape index (κ2) is 6.70. The van der Waals surface area contributed by atoms with Crippen LogP contribution in [0.5, 0.6) is 0 Å². The van der Waals surface area contributed by atoms with Gasteiger partial charge in [-0.3, -0.25) is 9.48 Å². The molecule has 1 fully saturated rings. The number of fused-ring (bicyclic) bond motifs is 1. The van der Waals surface area contributed by atoms with E-state index < -0.39 is 0 Å². The molecule has 7 heteroatoms. The highest BCUT2D eigenvalue weighted by atomic mass is 32.1. The highest BCUT2D eigenvalue weighted by Crippen LogP contribution is 2.22. The number of ether oxygens (including phenoxy) is 1. The molecule has 2 aromatic heterocycles. The van der Waals surface area contributed by atoms with Crippen molar-refractivity contribution in [2.75, 3.05) is 18.5 Å². The molecule has 0 radical (unpaired) electrons. The molecule has 4 rings (SSSR count). The standard InChI is InChI=1S/C17H18N4O2S/c22-16(17-20-14-3-1-2-4-15(14)24-17)19-13-9-18-21(11-13)10-12-5-7-23-8-6-12/h1-4,9,11-12H,5-8,10H2,(H,19,22). The molecule has 0 spiro atoms.